The van der Waals surface area contributed by atoms with Crippen molar-refractivity contribution in [1.82, 2.24) is 5.32 Å². The van der Waals surface area contributed by atoms with Crippen molar-refractivity contribution in [3.05, 3.63) is 122 Å². The molecule has 0 saturated heterocycles. The second kappa shape index (κ2) is 71.2. The normalized spacial score (nSPS) is 14.2. The molecule has 9 heteroatoms. The zero-order chi connectivity index (χ0) is 66.2. The Hall–Kier alpha value is -3.10. The monoisotopic (exact) mass is 1290 g/mol. The SMILES string of the molecule is CC/C=C\C/C=C\C/C=C\C/C=C\C/C=C\C/C=C\C/C=C\C/C=C\C/C=C\C/C=C\CCCCCCCCCCC(=O)NC(COP(=O)([O-])OCC[N+](C)(C)C)C(O)CCCCCCCCCCCCCCCCCCCCCCCCCCCCCCCC. The summed E-state index contributed by atoms with van der Waals surface area (Å²) >= 11 is 0. The third-order valence-electron chi connectivity index (χ3n) is 17.0. The Morgan fingerprint density at radius 3 is 0.978 bits per heavy atom. The Kier molecular flexibility index (Phi) is 68.8. The van der Waals surface area contributed by atoms with E-state index >= 15 is 0 Å². The number of hydrogen-bond acceptors (Lipinski definition) is 6. The van der Waals surface area contributed by atoms with Gasteiger partial charge in [0, 0.05) is 6.42 Å². The molecule has 0 saturated carbocycles. The molecule has 526 valence electrons. The standard InChI is InChI=1S/C82H147N2O6P/c1-6-8-10-12-14-16-18-20-22-24-26-28-30-32-34-36-38-39-40-41-42-43-44-45-46-48-50-52-54-56-58-60-62-64-66-68-70-72-74-76-82(86)83-80(79-90-91(87,88)89-78-77-84(3,4)5)81(85)75-73-71-69-67-65-63-61-59-57-55-53-51-49-47-37-35-33-31-29-27-25-23-21-19-17-15-13-11-9-7-2/h8,10,14,16,20,22,26,28,32,34,38-39,41-42,44-45,48,50,54,56,80-81,85H,6-7,9,11-13,15,17-19,21,23-25,27,29-31,33,35-37,40,43,46-47,49,51-53,55,57-79H2,1-5H3,(H-,83,86,87,88)/b10-8-,16-14-,22-20-,28-26-,34-32-,39-38-,42-41-,45-44-,50-48-,56-54-. The van der Waals surface area contributed by atoms with Crippen LogP contribution in [-0.4, -0.2) is 68.5 Å². The number of phosphoric acid groups is 1. The lowest BCUT2D eigenvalue weighted by Gasteiger charge is -2.30. The van der Waals surface area contributed by atoms with Crippen molar-refractivity contribution in [2.24, 2.45) is 0 Å². The van der Waals surface area contributed by atoms with E-state index in [2.05, 4.69) is 141 Å². The molecule has 0 aromatic heterocycles. The first-order chi connectivity index (χ1) is 44.5. The fourth-order valence-electron chi connectivity index (χ4n) is 11.1. The van der Waals surface area contributed by atoms with Crippen LogP contribution in [0.5, 0.6) is 0 Å². The molecular formula is C82H147N2O6P. The number of unbranched alkanes of at least 4 members (excludes halogenated alkanes) is 37. The Labute approximate surface area is 564 Å². The van der Waals surface area contributed by atoms with Gasteiger partial charge in [-0.3, -0.25) is 9.36 Å². The van der Waals surface area contributed by atoms with Gasteiger partial charge in [-0.15, -0.1) is 0 Å². The van der Waals surface area contributed by atoms with Crippen LogP contribution < -0.4 is 10.2 Å². The van der Waals surface area contributed by atoms with E-state index in [9.17, 15) is 19.4 Å². The van der Waals surface area contributed by atoms with Crippen LogP contribution in [0, 0.1) is 0 Å². The lowest BCUT2D eigenvalue weighted by molar-refractivity contribution is -0.870. The summed E-state index contributed by atoms with van der Waals surface area (Å²) < 4.78 is 23.6. The number of quaternary nitrogens is 1. The molecule has 0 heterocycles. The molecule has 0 bridgehead atoms. The molecule has 2 N–H and O–H groups in total. The molecule has 3 atom stereocenters. The van der Waals surface area contributed by atoms with E-state index in [4.69, 9.17) is 9.05 Å². The number of hydrogen-bond donors (Lipinski definition) is 2. The van der Waals surface area contributed by atoms with Gasteiger partial charge >= 0.3 is 0 Å². The maximum Gasteiger partial charge on any atom is 0.268 e. The van der Waals surface area contributed by atoms with Crippen LogP contribution in [0.4, 0.5) is 0 Å². The Morgan fingerprint density at radius 1 is 0.396 bits per heavy atom. The predicted molar refractivity (Wildman–Crippen MR) is 399 cm³/mol. The summed E-state index contributed by atoms with van der Waals surface area (Å²) in [4.78, 5) is 25.7. The quantitative estimate of drug-likeness (QED) is 0.0272. The number of nitrogens with one attached hydrogen (secondary N) is 1. The van der Waals surface area contributed by atoms with E-state index in [0.29, 0.717) is 23.9 Å². The molecular weight excluding hydrogens is 1140 g/mol. The molecule has 0 aliphatic heterocycles. The van der Waals surface area contributed by atoms with Crippen LogP contribution in [0.2, 0.25) is 0 Å². The summed E-state index contributed by atoms with van der Waals surface area (Å²) in [6.45, 7) is 4.63. The van der Waals surface area contributed by atoms with Gasteiger partial charge in [0.25, 0.3) is 7.82 Å². The minimum absolute atomic E-state index is 0.00563. The molecule has 0 radical (unpaired) electrons. The predicted octanol–water partition coefficient (Wildman–Crippen LogP) is 24.5. The van der Waals surface area contributed by atoms with E-state index in [0.717, 1.165) is 109 Å². The Balaban J connectivity index is 4.07. The molecule has 0 aromatic carbocycles. The summed E-state index contributed by atoms with van der Waals surface area (Å²) in [6, 6.07) is -0.816. The van der Waals surface area contributed by atoms with E-state index in [1.807, 2.05) is 21.1 Å². The van der Waals surface area contributed by atoms with Gasteiger partial charge in [-0.2, -0.15) is 0 Å². The van der Waals surface area contributed by atoms with Crippen LogP contribution in [0.3, 0.4) is 0 Å². The molecule has 0 spiro atoms. The minimum atomic E-state index is -4.59. The number of carbonyl (C=O) groups is 1. The van der Waals surface area contributed by atoms with E-state index in [-0.39, 0.29) is 19.1 Å². The summed E-state index contributed by atoms with van der Waals surface area (Å²) in [7, 11) is 1.29. The van der Waals surface area contributed by atoms with Gasteiger partial charge in [-0.05, 0) is 89.9 Å². The second-order valence-corrected chi connectivity index (χ2v) is 28.4. The van der Waals surface area contributed by atoms with E-state index in [1.165, 1.54) is 205 Å². The fourth-order valence-corrected chi connectivity index (χ4v) is 11.8. The van der Waals surface area contributed by atoms with Crippen LogP contribution >= 0.6 is 7.82 Å². The van der Waals surface area contributed by atoms with E-state index < -0.39 is 20.0 Å². The molecule has 8 nitrogen and oxygen atoms in total. The van der Waals surface area contributed by atoms with Gasteiger partial charge in [0.2, 0.25) is 5.91 Å². The number of aliphatic hydroxyl groups is 1. The van der Waals surface area contributed by atoms with Crippen molar-refractivity contribution < 1.29 is 32.9 Å². The maximum atomic E-state index is 13.1. The topological polar surface area (TPSA) is 108 Å². The summed E-state index contributed by atoms with van der Waals surface area (Å²) in [6.07, 6.45) is 106. The molecule has 91 heavy (non-hydrogen) atoms. The highest BCUT2D eigenvalue weighted by molar-refractivity contribution is 7.45. The molecule has 0 aromatic rings. The number of phosphoric ester groups is 1. The number of carbonyl (C=O) groups excluding carboxylic acids is 1. The van der Waals surface area contributed by atoms with Crippen molar-refractivity contribution in [3.63, 3.8) is 0 Å². The molecule has 0 aliphatic rings. The first-order valence-corrected chi connectivity index (χ1v) is 39.8. The first-order valence-electron chi connectivity index (χ1n) is 38.4. The number of rotatable bonds is 70. The van der Waals surface area contributed by atoms with Crippen molar-refractivity contribution in [2.75, 3.05) is 40.9 Å². The van der Waals surface area contributed by atoms with Crippen molar-refractivity contribution >= 4 is 13.7 Å². The average molecular weight is 1290 g/mol. The summed E-state index contributed by atoms with van der Waals surface area (Å²) in [5, 5.41) is 14.1. The number of likely N-dealkylation sites (N-methyl/N-ethyl adjacent to an activating group) is 1. The third-order valence-corrected chi connectivity index (χ3v) is 17.9. The van der Waals surface area contributed by atoms with Gasteiger partial charge in [-0.1, -0.05) is 367 Å². The second-order valence-electron chi connectivity index (χ2n) is 27.0. The zero-order valence-electron chi connectivity index (χ0n) is 60.3. The highest BCUT2D eigenvalue weighted by atomic mass is 31.2. The van der Waals surface area contributed by atoms with Crippen LogP contribution in [0.15, 0.2) is 122 Å². The van der Waals surface area contributed by atoms with Gasteiger partial charge < -0.3 is 28.8 Å². The van der Waals surface area contributed by atoms with Crippen molar-refractivity contribution in [1.29, 1.82) is 0 Å². The number of nitrogens with zero attached hydrogens (tertiary/aromatic N) is 1. The third kappa shape index (κ3) is 74.2. The smallest absolute Gasteiger partial charge is 0.268 e. The number of allylic oxidation sites excluding steroid dienone is 20. The van der Waals surface area contributed by atoms with Gasteiger partial charge in [0.05, 0.1) is 39.9 Å². The largest absolute Gasteiger partial charge is 0.756 e. The molecule has 0 fully saturated rings. The summed E-state index contributed by atoms with van der Waals surface area (Å²) in [5.74, 6) is -0.173. The lowest BCUT2D eigenvalue weighted by atomic mass is 10.0. The maximum absolute atomic E-state index is 13.1. The van der Waals surface area contributed by atoms with Gasteiger partial charge in [0.15, 0.2) is 0 Å². The first kappa shape index (κ1) is 87.9. The van der Waals surface area contributed by atoms with Gasteiger partial charge in [0.1, 0.15) is 13.2 Å². The molecule has 3 unspecified atom stereocenters. The average Bonchev–Trinajstić information content (AvgIpc) is 3.58. The van der Waals surface area contributed by atoms with Crippen LogP contribution in [-0.2, 0) is 18.4 Å². The Bertz CT molecular complexity index is 1900. The van der Waals surface area contributed by atoms with Crippen LogP contribution in [0.25, 0.3) is 0 Å². The number of aliphatic hydroxyl groups excluding tert-OH is 1. The molecule has 0 rings (SSSR count). The molecule has 0 aliphatic carbocycles. The minimum Gasteiger partial charge on any atom is -0.756 e. The Morgan fingerprint density at radius 2 is 0.670 bits per heavy atom. The summed E-state index contributed by atoms with van der Waals surface area (Å²) in [5.41, 5.74) is 0. The molecule has 1 amide bonds. The number of amides is 1. The van der Waals surface area contributed by atoms with Crippen LogP contribution in [0.1, 0.15) is 341 Å². The lowest BCUT2D eigenvalue weighted by Crippen LogP contribution is -2.46. The highest BCUT2D eigenvalue weighted by Crippen LogP contribution is 2.38. The van der Waals surface area contributed by atoms with Gasteiger partial charge in [-0.25, -0.2) is 0 Å². The highest BCUT2D eigenvalue weighted by Gasteiger charge is 2.24. The zero-order valence-corrected chi connectivity index (χ0v) is 61.2. The fraction of sp³-hybridized carbons (Fsp3) is 0.744. The van der Waals surface area contributed by atoms with E-state index in [1.54, 1.807) is 0 Å². The van der Waals surface area contributed by atoms with Crippen molar-refractivity contribution in [3.8, 4) is 0 Å². The van der Waals surface area contributed by atoms with Crippen molar-refractivity contribution in [2.45, 2.75) is 353 Å².